The van der Waals surface area contributed by atoms with Crippen LogP contribution in [0.4, 0.5) is 14.5 Å². The van der Waals surface area contributed by atoms with Gasteiger partial charge in [0.05, 0.1) is 19.2 Å². The molecule has 28 heavy (non-hydrogen) atoms. The molecule has 148 valence electrons. The van der Waals surface area contributed by atoms with E-state index in [1.165, 1.54) is 31.4 Å². The molecule has 0 aliphatic carbocycles. The lowest BCUT2D eigenvalue weighted by Crippen LogP contribution is -2.23. The first-order chi connectivity index (χ1) is 13.4. The van der Waals surface area contributed by atoms with Gasteiger partial charge in [0.25, 0.3) is 0 Å². The second kappa shape index (κ2) is 10.6. The van der Waals surface area contributed by atoms with Crippen molar-refractivity contribution in [1.82, 2.24) is 0 Å². The Morgan fingerprint density at radius 3 is 2.43 bits per heavy atom. The molecule has 2 rings (SSSR count). The van der Waals surface area contributed by atoms with Gasteiger partial charge in [0.2, 0.25) is 0 Å². The summed E-state index contributed by atoms with van der Waals surface area (Å²) in [5.41, 5.74) is 1.15. The lowest BCUT2D eigenvalue weighted by Gasteiger charge is -2.12. The maximum absolute atomic E-state index is 14.1. The van der Waals surface area contributed by atoms with Crippen LogP contribution in [-0.2, 0) is 16.1 Å². The normalized spacial score (nSPS) is 12.2. The molecule has 0 saturated carbocycles. The minimum absolute atomic E-state index is 0.101. The highest BCUT2D eigenvalue weighted by molar-refractivity contribution is 6.67. The van der Waals surface area contributed by atoms with E-state index in [9.17, 15) is 13.6 Å². The van der Waals surface area contributed by atoms with Crippen LogP contribution in [0.15, 0.2) is 71.7 Å². The predicted octanol–water partition coefficient (Wildman–Crippen LogP) is 5.68. The number of carbonyl (C=O) groups excluding carboxylic acids is 1. The van der Waals surface area contributed by atoms with Gasteiger partial charge in [-0.2, -0.15) is 8.78 Å². The minimum atomic E-state index is -3.34. The van der Waals surface area contributed by atoms with Crippen LogP contribution in [0.1, 0.15) is 18.4 Å². The van der Waals surface area contributed by atoms with Gasteiger partial charge >= 0.3 is 11.9 Å². The second-order valence-electron chi connectivity index (χ2n) is 5.83. The molecule has 0 aliphatic heterocycles. The van der Waals surface area contributed by atoms with Crippen LogP contribution in [0.2, 0.25) is 0 Å². The van der Waals surface area contributed by atoms with Crippen LogP contribution in [0.25, 0.3) is 0 Å². The summed E-state index contributed by atoms with van der Waals surface area (Å²) >= 11 is 5.68. The standard InChI is InChI=1S/C21H20ClF2NO3/c1-27-18-12-10-17(11-13-18)25-20(22)21(23,24)14-6-5-9-19(26)28-15-16-7-3-2-4-8-16/h2-8,10-13H,9,14-15H2,1H3/b6-5+,25-20?. The fourth-order valence-corrected chi connectivity index (χ4v) is 2.32. The van der Waals surface area contributed by atoms with Crippen molar-refractivity contribution < 1.29 is 23.0 Å². The van der Waals surface area contributed by atoms with Gasteiger partial charge in [0.1, 0.15) is 12.4 Å². The van der Waals surface area contributed by atoms with E-state index in [2.05, 4.69) is 4.99 Å². The molecule has 2 aromatic carbocycles. The van der Waals surface area contributed by atoms with Gasteiger partial charge in [-0.25, -0.2) is 4.99 Å². The first-order valence-corrected chi connectivity index (χ1v) is 8.89. The van der Waals surface area contributed by atoms with Crippen molar-refractivity contribution in [3.63, 3.8) is 0 Å². The molecule has 4 nitrogen and oxygen atoms in total. The molecule has 0 N–H and O–H groups in total. The van der Waals surface area contributed by atoms with Gasteiger partial charge in [0, 0.05) is 6.42 Å². The quantitative estimate of drug-likeness (QED) is 0.305. The molecule has 0 saturated heterocycles. The Kier molecular flexibility index (Phi) is 8.14. The van der Waals surface area contributed by atoms with Gasteiger partial charge in [0.15, 0.2) is 5.17 Å². The van der Waals surface area contributed by atoms with Crippen molar-refractivity contribution in [1.29, 1.82) is 0 Å². The molecule has 2 aromatic rings. The third-order valence-corrected chi connectivity index (χ3v) is 4.03. The number of benzene rings is 2. The van der Waals surface area contributed by atoms with Gasteiger partial charge in [-0.3, -0.25) is 4.79 Å². The van der Waals surface area contributed by atoms with E-state index in [-0.39, 0.29) is 13.0 Å². The third-order valence-electron chi connectivity index (χ3n) is 3.67. The summed E-state index contributed by atoms with van der Waals surface area (Å²) in [5, 5.41) is -0.825. The second-order valence-corrected chi connectivity index (χ2v) is 6.19. The van der Waals surface area contributed by atoms with Crippen molar-refractivity contribution in [2.45, 2.75) is 25.4 Å². The zero-order valence-corrected chi connectivity index (χ0v) is 16.0. The molecule has 7 heteroatoms. The SMILES string of the molecule is COc1ccc(N=C(Cl)C(F)(F)C/C=C/CC(=O)OCc2ccccc2)cc1. The number of hydrogen-bond donors (Lipinski definition) is 0. The summed E-state index contributed by atoms with van der Waals surface area (Å²) in [6.45, 7) is 0.143. The van der Waals surface area contributed by atoms with Gasteiger partial charge < -0.3 is 9.47 Å². The number of alkyl halides is 2. The smallest absolute Gasteiger partial charge is 0.309 e. The summed E-state index contributed by atoms with van der Waals surface area (Å²) in [4.78, 5) is 15.4. The number of ether oxygens (including phenoxy) is 2. The Labute approximate surface area is 167 Å². The van der Waals surface area contributed by atoms with Gasteiger partial charge in [-0.05, 0) is 29.8 Å². The number of hydrogen-bond acceptors (Lipinski definition) is 4. The number of carbonyl (C=O) groups is 1. The average Bonchev–Trinajstić information content (AvgIpc) is 2.71. The predicted molar refractivity (Wildman–Crippen MR) is 106 cm³/mol. The number of aliphatic imine (C=N–C) groups is 1. The van der Waals surface area contributed by atoms with Crippen molar-refractivity contribution >= 4 is 28.4 Å². The Bertz CT molecular complexity index is 821. The Balaban J connectivity index is 1.81. The molecule has 0 bridgehead atoms. The lowest BCUT2D eigenvalue weighted by atomic mass is 10.2. The van der Waals surface area contributed by atoms with Crippen molar-refractivity contribution in [2.75, 3.05) is 7.11 Å². The fraction of sp³-hybridized carbons (Fsp3) is 0.238. The van der Waals surface area contributed by atoms with E-state index in [0.717, 1.165) is 5.56 Å². The maximum atomic E-state index is 14.1. The Morgan fingerprint density at radius 2 is 1.79 bits per heavy atom. The average molecular weight is 408 g/mol. The monoisotopic (exact) mass is 407 g/mol. The van der Waals surface area contributed by atoms with Gasteiger partial charge in [-0.15, -0.1) is 0 Å². The Hall–Kier alpha value is -2.73. The van der Waals surface area contributed by atoms with Crippen molar-refractivity contribution in [3.05, 3.63) is 72.3 Å². The number of methoxy groups -OCH3 is 1. The zero-order chi connectivity index (χ0) is 20.4. The number of nitrogens with zero attached hydrogens (tertiary/aromatic N) is 1. The zero-order valence-electron chi connectivity index (χ0n) is 15.3. The summed E-state index contributed by atoms with van der Waals surface area (Å²) in [6, 6.07) is 15.4. The molecule has 0 fully saturated rings. The van der Waals surface area contributed by atoms with Crippen molar-refractivity contribution in [2.24, 2.45) is 4.99 Å². The van der Waals surface area contributed by atoms with E-state index < -0.39 is 23.5 Å². The number of halogens is 3. The molecule has 0 aromatic heterocycles. The maximum Gasteiger partial charge on any atom is 0.309 e. The van der Waals surface area contributed by atoms with E-state index in [4.69, 9.17) is 21.1 Å². The van der Waals surface area contributed by atoms with E-state index in [0.29, 0.717) is 11.4 Å². The number of rotatable bonds is 9. The minimum Gasteiger partial charge on any atom is -0.497 e. The van der Waals surface area contributed by atoms with E-state index in [1.807, 2.05) is 30.3 Å². The van der Waals surface area contributed by atoms with Crippen LogP contribution in [0.5, 0.6) is 5.75 Å². The molecule has 0 radical (unpaired) electrons. The van der Waals surface area contributed by atoms with Gasteiger partial charge in [-0.1, -0.05) is 54.1 Å². The van der Waals surface area contributed by atoms with Crippen LogP contribution >= 0.6 is 11.6 Å². The molecule has 0 unspecified atom stereocenters. The Morgan fingerprint density at radius 1 is 1.11 bits per heavy atom. The molecule has 0 aliphatic rings. The molecule has 0 amide bonds. The number of allylic oxidation sites excluding steroid dienone is 1. The fourth-order valence-electron chi connectivity index (χ4n) is 2.14. The lowest BCUT2D eigenvalue weighted by molar-refractivity contribution is -0.143. The first kappa shape index (κ1) is 21.6. The van der Waals surface area contributed by atoms with Crippen LogP contribution < -0.4 is 4.74 Å². The summed E-state index contributed by atoms with van der Waals surface area (Å²) < 4.78 is 38.2. The van der Waals surface area contributed by atoms with Crippen molar-refractivity contribution in [3.8, 4) is 5.75 Å². The van der Waals surface area contributed by atoms with E-state index in [1.54, 1.807) is 12.1 Å². The van der Waals surface area contributed by atoms with Crippen LogP contribution in [0, 0.1) is 0 Å². The summed E-state index contributed by atoms with van der Waals surface area (Å²) in [7, 11) is 1.50. The van der Waals surface area contributed by atoms with Crippen LogP contribution in [0.3, 0.4) is 0 Å². The number of esters is 1. The summed E-state index contributed by atoms with van der Waals surface area (Å²) in [5.74, 6) is -3.25. The largest absolute Gasteiger partial charge is 0.497 e. The molecular weight excluding hydrogens is 388 g/mol. The molecule has 0 heterocycles. The highest BCUT2D eigenvalue weighted by Gasteiger charge is 2.33. The highest BCUT2D eigenvalue weighted by Crippen LogP contribution is 2.27. The molecule has 0 spiro atoms. The topological polar surface area (TPSA) is 47.9 Å². The molecule has 0 atom stereocenters. The third kappa shape index (κ3) is 7.12. The first-order valence-electron chi connectivity index (χ1n) is 8.52. The highest BCUT2D eigenvalue weighted by atomic mass is 35.5. The van der Waals surface area contributed by atoms with E-state index >= 15 is 0 Å². The summed E-state index contributed by atoms with van der Waals surface area (Å²) in [6.07, 6.45) is 1.75. The van der Waals surface area contributed by atoms with Crippen LogP contribution in [-0.4, -0.2) is 24.2 Å². The molecular formula is C21H20ClF2NO3.